The summed E-state index contributed by atoms with van der Waals surface area (Å²) in [7, 11) is 0. The normalized spacial score (nSPS) is 11.5. The Balaban J connectivity index is 2.00. The lowest BCUT2D eigenvalue weighted by atomic mass is 10.2. The van der Waals surface area contributed by atoms with Crippen LogP contribution < -0.4 is 10.5 Å². The van der Waals surface area contributed by atoms with Gasteiger partial charge in [-0.3, -0.25) is 4.79 Å². The number of ether oxygens (including phenoxy) is 2. The molecule has 0 aliphatic carbocycles. The first-order valence-corrected chi connectivity index (χ1v) is 6.83. The SMILES string of the molecule is C[C@H](OC(=O)c1cccc(OCc2ccccc2)c1)C(N)=O. The van der Waals surface area contributed by atoms with Gasteiger partial charge in [-0.15, -0.1) is 0 Å². The van der Waals surface area contributed by atoms with Crippen molar-refractivity contribution in [1.82, 2.24) is 0 Å². The van der Waals surface area contributed by atoms with Gasteiger partial charge in [0.25, 0.3) is 5.91 Å². The van der Waals surface area contributed by atoms with Crippen LogP contribution in [0.3, 0.4) is 0 Å². The summed E-state index contributed by atoms with van der Waals surface area (Å²) in [5, 5.41) is 0. The van der Waals surface area contributed by atoms with Gasteiger partial charge in [0.15, 0.2) is 6.10 Å². The number of carbonyl (C=O) groups is 2. The van der Waals surface area contributed by atoms with Crippen LogP contribution in [0.2, 0.25) is 0 Å². The maximum atomic E-state index is 11.9. The second-order valence-corrected chi connectivity index (χ2v) is 4.75. The van der Waals surface area contributed by atoms with Crippen molar-refractivity contribution in [3.05, 3.63) is 65.7 Å². The summed E-state index contributed by atoms with van der Waals surface area (Å²) in [5.74, 6) is -0.758. The van der Waals surface area contributed by atoms with Gasteiger partial charge in [0, 0.05) is 0 Å². The van der Waals surface area contributed by atoms with Crippen LogP contribution in [0, 0.1) is 0 Å². The lowest BCUT2D eigenvalue weighted by Gasteiger charge is -2.11. The first kappa shape index (κ1) is 15.6. The Labute approximate surface area is 128 Å². The molecule has 0 aliphatic heterocycles. The highest BCUT2D eigenvalue weighted by Crippen LogP contribution is 2.16. The number of primary amides is 1. The van der Waals surface area contributed by atoms with E-state index in [0.29, 0.717) is 17.9 Å². The number of hydrogen-bond donors (Lipinski definition) is 1. The van der Waals surface area contributed by atoms with E-state index in [4.69, 9.17) is 15.2 Å². The highest BCUT2D eigenvalue weighted by molar-refractivity contribution is 5.92. The molecule has 22 heavy (non-hydrogen) atoms. The molecule has 114 valence electrons. The fraction of sp³-hybridized carbons (Fsp3) is 0.176. The number of amides is 1. The minimum Gasteiger partial charge on any atom is -0.489 e. The van der Waals surface area contributed by atoms with Crippen molar-refractivity contribution < 1.29 is 19.1 Å². The highest BCUT2D eigenvalue weighted by atomic mass is 16.5. The van der Waals surface area contributed by atoms with Gasteiger partial charge in [-0.2, -0.15) is 0 Å². The number of rotatable bonds is 6. The van der Waals surface area contributed by atoms with Gasteiger partial charge in [0.2, 0.25) is 0 Å². The number of hydrogen-bond acceptors (Lipinski definition) is 4. The Morgan fingerprint density at radius 3 is 2.50 bits per heavy atom. The van der Waals surface area contributed by atoms with E-state index in [-0.39, 0.29) is 0 Å². The summed E-state index contributed by atoms with van der Waals surface area (Å²) in [6.07, 6.45) is -0.971. The molecule has 0 fully saturated rings. The van der Waals surface area contributed by atoms with E-state index in [9.17, 15) is 9.59 Å². The van der Waals surface area contributed by atoms with Gasteiger partial charge in [0.05, 0.1) is 5.56 Å². The third-order valence-electron chi connectivity index (χ3n) is 3.00. The summed E-state index contributed by atoms with van der Waals surface area (Å²) in [4.78, 5) is 22.8. The van der Waals surface area contributed by atoms with E-state index in [1.54, 1.807) is 24.3 Å². The van der Waals surface area contributed by atoms with Gasteiger partial charge >= 0.3 is 5.97 Å². The molecule has 1 atom stereocenters. The van der Waals surface area contributed by atoms with E-state index < -0.39 is 18.0 Å². The van der Waals surface area contributed by atoms with Gasteiger partial charge in [-0.25, -0.2) is 4.79 Å². The zero-order chi connectivity index (χ0) is 15.9. The molecule has 0 bridgehead atoms. The van der Waals surface area contributed by atoms with Gasteiger partial charge in [-0.1, -0.05) is 36.4 Å². The highest BCUT2D eigenvalue weighted by Gasteiger charge is 2.16. The molecule has 2 rings (SSSR count). The van der Waals surface area contributed by atoms with Crippen LogP contribution in [-0.4, -0.2) is 18.0 Å². The Kier molecular flexibility index (Phi) is 5.14. The Hall–Kier alpha value is -2.82. The van der Waals surface area contributed by atoms with Crippen molar-refractivity contribution in [1.29, 1.82) is 0 Å². The lowest BCUT2D eigenvalue weighted by molar-refractivity contribution is -0.125. The second kappa shape index (κ2) is 7.26. The van der Waals surface area contributed by atoms with Crippen LogP contribution in [0.1, 0.15) is 22.8 Å². The molecule has 0 unspecified atom stereocenters. The molecule has 0 radical (unpaired) electrons. The van der Waals surface area contributed by atoms with E-state index in [1.165, 1.54) is 6.92 Å². The number of esters is 1. The van der Waals surface area contributed by atoms with Crippen molar-refractivity contribution in [2.75, 3.05) is 0 Å². The van der Waals surface area contributed by atoms with E-state index in [0.717, 1.165) is 5.56 Å². The van der Waals surface area contributed by atoms with Crippen LogP contribution in [0.15, 0.2) is 54.6 Å². The summed E-state index contributed by atoms with van der Waals surface area (Å²) in [5.41, 5.74) is 6.39. The average Bonchev–Trinajstić information content (AvgIpc) is 2.54. The monoisotopic (exact) mass is 299 g/mol. The topological polar surface area (TPSA) is 78.6 Å². The smallest absolute Gasteiger partial charge is 0.339 e. The zero-order valence-corrected chi connectivity index (χ0v) is 12.2. The molecule has 0 saturated carbocycles. The van der Waals surface area contributed by atoms with Crippen molar-refractivity contribution in [3.8, 4) is 5.75 Å². The van der Waals surface area contributed by atoms with Crippen molar-refractivity contribution in [3.63, 3.8) is 0 Å². The molecular weight excluding hydrogens is 282 g/mol. The quantitative estimate of drug-likeness (QED) is 0.830. The van der Waals surface area contributed by atoms with Crippen LogP contribution >= 0.6 is 0 Å². The lowest BCUT2D eigenvalue weighted by Crippen LogP contribution is -2.30. The standard InChI is InChI=1S/C17H17NO4/c1-12(16(18)19)22-17(20)14-8-5-9-15(10-14)21-11-13-6-3-2-4-7-13/h2-10,12H,11H2,1H3,(H2,18,19)/t12-/m0/s1. The van der Waals surface area contributed by atoms with Crippen LogP contribution in [0.25, 0.3) is 0 Å². The molecule has 2 aromatic carbocycles. The first-order chi connectivity index (χ1) is 10.6. The van der Waals surface area contributed by atoms with E-state index >= 15 is 0 Å². The molecule has 0 aliphatic rings. The van der Waals surface area contributed by atoms with Gasteiger partial charge < -0.3 is 15.2 Å². The van der Waals surface area contributed by atoms with Crippen molar-refractivity contribution >= 4 is 11.9 Å². The molecule has 5 nitrogen and oxygen atoms in total. The molecule has 0 aromatic heterocycles. The zero-order valence-electron chi connectivity index (χ0n) is 12.2. The van der Waals surface area contributed by atoms with Crippen molar-refractivity contribution in [2.24, 2.45) is 5.73 Å². The summed E-state index contributed by atoms with van der Waals surface area (Å²) in [6.45, 7) is 1.83. The molecule has 2 N–H and O–H groups in total. The molecule has 1 amide bonds. The Morgan fingerprint density at radius 2 is 1.82 bits per heavy atom. The average molecular weight is 299 g/mol. The minimum absolute atomic E-state index is 0.304. The second-order valence-electron chi connectivity index (χ2n) is 4.75. The predicted octanol–water partition coefficient (Wildman–Crippen LogP) is 2.30. The molecule has 2 aromatic rings. The van der Waals surface area contributed by atoms with Crippen LogP contribution in [0.5, 0.6) is 5.75 Å². The molecule has 0 saturated heterocycles. The maximum absolute atomic E-state index is 11.9. The number of nitrogens with two attached hydrogens (primary N) is 1. The molecule has 0 spiro atoms. The summed E-state index contributed by atoms with van der Waals surface area (Å²) in [6, 6.07) is 16.3. The van der Waals surface area contributed by atoms with Gasteiger partial charge in [-0.05, 0) is 30.7 Å². The number of benzene rings is 2. The summed E-state index contributed by atoms with van der Waals surface area (Å²) >= 11 is 0. The fourth-order valence-corrected chi connectivity index (χ4v) is 1.74. The summed E-state index contributed by atoms with van der Waals surface area (Å²) < 4.78 is 10.6. The molecule has 5 heteroatoms. The molecular formula is C17H17NO4. The van der Waals surface area contributed by atoms with Gasteiger partial charge in [0.1, 0.15) is 12.4 Å². The van der Waals surface area contributed by atoms with E-state index in [2.05, 4.69) is 0 Å². The van der Waals surface area contributed by atoms with Crippen molar-refractivity contribution in [2.45, 2.75) is 19.6 Å². The third-order valence-corrected chi connectivity index (χ3v) is 3.00. The predicted molar refractivity (Wildman–Crippen MR) is 81.3 cm³/mol. The number of carbonyl (C=O) groups excluding carboxylic acids is 2. The third kappa shape index (κ3) is 4.34. The Morgan fingerprint density at radius 1 is 1.09 bits per heavy atom. The maximum Gasteiger partial charge on any atom is 0.339 e. The fourth-order valence-electron chi connectivity index (χ4n) is 1.74. The largest absolute Gasteiger partial charge is 0.489 e. The molecule has 0 heterocycles. The minimum atomic E-state index is -0.971. The van der Waals surface area contributed by atoms with Crippen LogP contribution in [0.4, 0.5) is 0 Å². The first-order valence-electron chi connectivity index (χ1n) is 6.83. The van der Waals surface area contributed by atoms with Crippen LogP contribution in [-0.2, 0) is 16.1 Å². The Bertz CT molecular complexity index is 655. The van der Waals surface area contributed by atoms with E-state index in [1.807, 2.05) is 30.3 Å².